The fourth-order valence-corrected chi connectivity index (χ4v) is 3.56. The zero-order valence-electron chi connectivity index (χ0n) is 11.2. The van der Waals surface area contributed by atoms with Crippen LogP contribution in [0.1, 0.15) is 30.1 Å². The monoisotopic (exact) mass is 402 g/mol. The van der Waals surface area contributed by atoms with Crippen LogP contribution >= 0.6 is 31.9 Å². The average Bonchev–Trinajstić information content (AvgIpc) is 2.38. The van der Waals surface area contributed by atoms with Crippen LogP contribution in [0.25, 0.3) is 0 Å². The highest BCUT2D eigenvalue weighted by molar-refractivity contribution is 9.11. The lowest BCUT2D eigenvalue weighted by atomic mass is 10.0. The van der Waals surface area contributed by atoms with Gasteiger partial charge in [-0.2, -0.15) is 0 Å². The molecule has 1 fully saturated rings. The highest BCUT2D eigenvalue weighted by Crippen LogP contribution is 2.24. The summed E-state index contributed by atoms with van der Waals surface area (Å²) in [6.07, 6.45) is 1.61. The van der Waals surface area contributed by atoms with Crippen molar-refractivity contribution < 1.29 is 9.59 Å². The van der Waals surface area contributed by atoms with E-state index in [1.807, 2.05) is 23.1 Å². The molecule has 1 saturated heterocycles. The molecule has 1 heterocycles. The first-order chi connectivity index (χ1) is 9.47. The van der Waals surface area contributed by atoms with Crippen LogP contribution in [0.5, 0.6) is 0 Å². The summed E-state index contributed by atoms with van der Waals surface area (Å²) in [4.78, 5) is 25.3. The van der Waals surface area contributed by atoms with Crippen LogP contribution in [0, 0.1) is 0 Å². The largest absolute Gasteiger partial charge is 0.353 e. The maximum Gasteiger partial charge on any atom is 0.255 e. The normalized spacial score (nSPS) is 16.1. The fraction of sp³-hybridized carbons (Fsp3) is 0.429. The van der Waals surface area contributed by atoms with Crippen LogP contribution < -0.4 is 5.32 Å². The van der Waals surface area contributed by atoms with Crippen molar-refractivity contribution >= 4 is 43.7 Å². The zero-order chi connectivity index (χ0) is 14.7. The topological polar surface area (TPSA) is 49.4 Å². The molecule has 0 unspecified atom stereocenters. The number of likely N-dealkylation sites (tertiary alicyclic amines) is 1. The van der Waals surface area contributed by atoms with Gasteiger partial charge < -0.3 is 10.2 Å². The second-order valence-corrected chi connectivity index (χ2v) is 6.66. The van der Waals surface area contributed by atoms with E-state index in [1.54, 1.807) is 0 Å². The summed E-state index contributed by atoms with van der Waals surface area (Å²) in [5, 5.41) is 2.91. The van der Waals surface area contributed by atoms with Gasteiger partial charge in [-0.25, -0.2) is 0 Å². The quantitative estimate of drug-likeness (QED) is 0.825. The number of halogens is 2. The van der Waals surface area contributed by atoms with Gasteiger partial charge in [-0.15, -0.1) is 0 Å². The van der Waals surface area contributed by atoms with Gasteiger partial charge in [0, 0.05) is 35.0 Å². The van der Waals surface area contributed by atoms with Crippen molar-refractivity contribution in [3.8, 4) is 0 Å². The number of carbonyl (C=O) groups is 2. The molecule has 2 amide bonds. The molecule has 1 aromatic carbocycles. The number of piperidine rings is 1. The molecule has 1 aromatic rings. The molecule has 6 heteroatoms. The van der Waals surface area contributed by atoms with Crippen LogP contribution in [0.15, 0.2) is 27.1 Å². The molecule has 1 aliphatic heterocycles. The molecule has 0 aromatic heterocycles. The molecule has 1 N–H and O–H groups in total. The van der Waals surface area contributed by atoms with Crippen molar-refractivity contribution in [3.63, 3.8) is 0 Å². The Bertz CT molecular complexity index is 526. The maximum atomic E-state index is 12.5. The maximum absolute atomic E-state index is 12.5. The number of hydrogen-bond donors (Lipinski definition) is 1. The lowest BCUT2D eigenvalue weighted by Gasteiger charge is -2.32. The smallest absolute Gasteiger partial charge is 0.255 e. The van der Waals surface area contributed by atoms with Gasteiger partial charge in [0.25, 0.3) is 5.91 Å². The molecular formula is C14H16Br2N2O2. The Morgan fingerprint density at radius 2 is 1.90 bits per heavy atom. The van der Waals surface area contributed by atoms with E-state index < -0.39 is 0 Å². The van der Waals surface area contributed by atoms with Gasteiger partial charge in [-0.05, 0) is 47.0 Å². The van der Waals surface area contributed by atoms with E-state index in [4.69, 9.17) is 0 Å². The van der Waals surface area contributed by atoms with Crippen LogP contribution in [0.4, 0.5) is 0 Å². The zero-order valence-corrected chi connectivity index (χ0v) is 14.3. The van der Waals surface area contributed by atoms with Crippen LogP contribution in [-0.4, -0.2) is 35.8 Å². The second kappa shape index (κ2) is 6.72. The van der Waals surface area contributed by atoms with E-state index in [9.17, 15) is 9.59 Å². The summed E-state index contributed by atoms with van der Waals surface area (Å²) in [6, 6.07) is 5.74. The summed E-state index contributed by atoms with van der Waals surface area (Å²) in [6.45, 7) is 2.87. The standard InChI is InChI=1S/C14H16Br2N2O2/c1-9(19)17-11-4-6-18(7-5-11)14(20)12-3-2-10(15)8-13(12)16/h2-3,8,11H,4-7H2,1H3,(H,17,19). The molecule has 108 valence electrons. The van der Waals surface area contributed by atoms with Gasteiger partial charge in [0.05, 0.1) is 5.56 Å². The predicted molar refractivity (Wildman–Crippen MR) is 84.6 cm³/mol. The van der Waals surface area contributed by atoms with Crippen LogP contribution in [0.3, 0.4) is 0 Å². The second-order valence-electron chi connectivity index (χ2n) is 4.89. The molecule has 0 radical (unpaired) electrons. The molecule has 4 nitrogen and oxygen atoms in total. The SMILES string of the molecule is CC(=O)NC1CCN(C(=O)c2ccc(Br)cc2Br)CC1. The fourth-order valence-electron chi connectivity index (χ4n) is 2.35. The van der Waals surface area contributed by atoms with Gasteiger partial charge in [0.15, 0.2) is 0 Å². The van der Waals surface area contributed by atoms with Crippen molar-refractivity contribution in [3.05, 3.63) is 32.7 Å². The summed E-state index contributed by atoms with van der Waals surface area (Å²) in [5.74, 6) is 0.0241. The van der Waals surface area contributed by atoms with Crippen molar-refractivity contribution in [2.24, 2.45) is 0 Å². The van der Waals surface area contributed by atoms with Gasteiger partial charge in [0.2, 0.25) is 5.91 Å². The molecule has 0 atom stereocenters. The third kappa shape index (κ3) is 3.82. The lowest BCUT2D eigenvalue weighted by Crippen LogP contribution is -2.46. The van der Waals surface area contributed by atoms with Gasteiger partial charge >= 0.3 is 0 Å². The number of nitrogens with one attached hydrogen (secondary N) is 1. The van der Waals surface area contributed by atoms with Crippen molar-refractivity contribution in [1.82, 2.24) is 10.2 Å². The molecule has 0 aliphatic carbocycles. The average molecular weight is 404 g/mol. The number of hydrogen-bond acceptors (Lipinski definition) is 2. The highest BCUT2D eigenvalue weighted by atomic mass is 79.9. The minimum absolute atomic E-state index is 0.00886. The van der Waals surface area contributed by atoms with Crippen molar-refractivity contribution in [1.29, 1.82) is 0 Å². The molecule has 0 bridgehead atoms. The minimum atomic E-state index is -0.00886. The Morgan fingerprint density at radius 3 is 2.45 bits per heavy atom. The molecule has 1 aliphatic rings. The number of rotatable bonds is 2. The summed E-state index contributed by atoms with van der Waals surface area (Å²) < 4.78 is 1.73. The number of carbonyl (C=O) groups excluding carboxylic acids is 2. The number of amides is 2. The van der Waals surface area contributed by atoms with E-state index in [-0.39, 0.29) is 17.9 Å². The van der Waals surface area contributed by atoms with Gasteiger partial charge in [-0.3, -0.25) is 9.59 Å². The first-order valence-corrected chi connectivity index (χ1v) is 8.07. The summed E-state index contributed by atoms with van der Waals surface area (Å²) in [7, 11) is 0. The first kappa shape index (κ1) is 15.5. The molecule has 20 heavy (non-hydrogen) atoms. The molecule has 2 rings (SSSR count). The molecule has 0 saturated carbocycles. The highest BCUT2D eigenvalue weighted by Gasteiger charge is 2.25. The van der Waals surface area contributed by atoms with Crippen LogP contribution in [-0.2, 0) is 4.79 Å². The predicted octanol–water partition coefficient (Wildman–Crippen LogP) is 2.95. The van der Waals surface area contributed by atoms with E-state index in [2.05, 4.69) is 37.2 Å². The third-order valence-electron chi connectivity index (χ3n) is 3.35. The van der Waals surface area contributed by atoms with E-state index >= 15 is 0 Å². The Morgan fingerprint density at radius 1 is 1.25 bits per heavy atom. The summed E-state index contributed by atoms with van der Waals surface area (Å²) in [5.41, 5.74) is 0.672. The lowest BCUT2D eigenvalue weighted by molar-refractivity contribution is -0.119. The Balaban J connectivity index is 1.99. The van der Waals surface area contributed by atoms with Gasteiger partial charge in [-0.1, -0.05) is 15.9 Å². The van der Waals surface area contributed by atoms with Crippen LogP contribution in [0.2, 0.25) is 0 Å². The van der Waals surface area contributed by atoms with E-state index in [0.29, 0.717) is 18.7 Å². The van der Waals surface area contributed by atoms with Crippen molar-refractivity contribution in [2.45, 2.75) is 25.8 Å². The number of benzene rings is 1. The Hall–Kier alpha value is -0.880. The number of nitrogens with zero attached hydrogens (tertiary/aromatic N) is 1. The summed E-state index contributed by atoms with van der Waals surface area (Å²) >= 11 is 6.80. The van der Waals surface area contributed by atoms with Crippen molar-refractivity contribution in [2.75, 3.05) is 13.1 Å². The molecule has 0 spiro atoms. The van der Waals surface area contributed by atoms with E-state index in [0.717, 1.165) is 21.8 Å². The molecular weight excluding hydrogens is 388 g/mol. The third-order valence-corrected chi connectivity index (χ3v) is 4.50. The van der Waals surface area contributed by atoms with Gasteiger partial charge in [0.1, 0.15) is 0 Å². The Labute approximate surface area is 135 Å². The minimum Gasteiger partial charge on any atom is -0.353 e. The first-order valence-electron chi connectivity index (χ1n) is 6.49. The Kier molecular flexibility index (Phi) is 5.21. The van der Waals surface area contributed by atoms with E-state index in [1.165, 1.54) is 6.92 Å².